The molecular weight excluding hydrogens is 484 g/mol. The number of carbonyl (C=O) groups is 1. The van der Waals surface area contributed by atoms with Crippen LogP contribution in [0.5, 0.6) is 0 Å². The van der Waals surface area contributed by atoms with Crippen LogP contribution in [0.15, 0.2) is 89.5 Å². The minimum atomic E-state index is -0.144. The van der Waals surface area contributed by atoms with E-state index in [4.69, 9.17) is 4.74 Å². The predicted octanol–water partition coefficient (Wildman–Crippen LogP) is 5.32. The van der Waals surface area contributed by atoms with Crippen LogP contribution < -0.4 is 10.2 Å². The number of ether oxygens (including phenoxy) is 1. The van der Waals surface area contributed by atoms with Crippen molar-refractivity contribution >= 4 is 51.4 Å². The number of aromatic nitrogens is 3. The summed E-state index contributed by atoms with van der Waals surface area (Å²) in [6.07, 6.45) is 5.33. The number of rotatable bonds is 6. The summed E-state index contributed by atoms with van der Waals surface area (Å²) in [5.41, 5.74) is 5.17. The lowest BCUT2D eigenvalue weighted by Gasteiger charge is -2.28. The molecule has 1 amide bonds. The highest BCUT2D eigenvalue weighted by Gasteiger charge is 2.13. The van der Waals surface area contributed by atoms with Gasteiger partial charge in [-0.05, 0) is 66.7 Å². The zero-order chi connectivity index (χ0) is 25.0. The maximum atomic E-state index is 12.8. The van der Waals surface area contributed by atoms with Crippen LogP contribution in [0.25, 0.3) is 16.6 Å². The first kappa shape index (κ1) is 23.1. The Morgan fingerprint density at radius 3 is 2.54 bits per heavy atom. The maximum absolute atomic E-state index is 12.8. The van der Waals surface area contributed by atoms with E-state index in [1.165, 1.54) is 0 Å². The smallest absolute Gasteiger partial charge is 0.255 e. The van der Waals surface area contributed by atoms with Crippen LogP contribution in [0.2, 0.25) is 0 Å². The highest BCUT2D eigenvalue weighted by Crippen LogP contribution is 2.24. The number of nitrogens with one attached hydrogen (secondary N) is 1. The zero-order valence-corrected chi connectivity index (χ0v) is 20.8. The van der Waals surface area contributed by atoms with E-state index in [1.807, 2.05) is 76.8 Å². The van der Waals surface area contributed by atoms with E-state index >= 15 is 0 Å². The Hall–Kier alpha value is -4.34. The Labute approximate surface area is 217 Å². The van der Waals surface area contributed by atoms with Crippen LogP contribution in [0.3, 0.4) is 0 Å². The number of carbonyl (C=O) groups excluding carboxylic acids is 1. The van der Waals surface area contributed by atoms with Gasteiger partial charge >= 0.3 is 0 Å². The van der Waals surface area contributed by atoms with E-state index in [9.17, 15) is 4.79 Å². The number of aliphatic imine (C=N–C) groups is 1. The van der Waals surface area contributed by atoms with E-state index in [0.29, 0.717) is 5.56 Å². The molecule has 2 aromatic heterocycles. The van der Waals surface area contributed by atoms with Crippen LogP contribution in [-0.4, -0.2) is 53.2 Å². The highest BCUT2D eigenvalue weighted by molar-refractivity contribution is 7.11. The van der Waals surface area contributed by atoms with Crippen molar-refractivity contribution in [1.29, 1.82) is 0 Å². The van der Waals surface area contributed by atoms with Gasteiger partial charge in [-0.25, -0.2) is 9.67 Å². The van der Waals surface area contributed by atoms with Crippen LogP contribution in [0, 0.1) is 0 Å². The monoisotopic (exact) mass is 508 g/mol. The number of fused-ring (bicyclic) bond motifs is 1. The van der Waals surface area contributed by atoms with Gasteiger partial charge in [-0.3, -0.25) is 9.79 Å². The number of hydrogen-bond acceptors (Lipinski definition) is 7. The molecule has 8 nitrogen and oxygen atoms in total. The van der Waals surface area contributed by atoms with Gasteiger partial charge in [0, 0.05) is 47.0 Å². The lowest BCUT2D eigenvalue weighted by atomic mass is 10.1. The fraction of sp³-hybridized carbons (Fsp3) is 0.143. The molecule has 3 aromatic carbocycles. The Bertz CT molecular complexity index is 1540. The van der Waals surface area contributed by atoms with Crippen molar-refractivity contribution < 1.29 is 9.53 Å². The third-order valence-corrected chi connectivity index (χ3v) is 6.91. The number of nitrogens with zero attached hydrogens (tertiary/aromatic N) is 5. The van der Waals surface area contributed by atoms with Crippen molar-refractivity contribution in [2.24, 2.45) is 4.99 Å². The molecule has 37 heavy (non-hydrogen) atoms. The summed E-state index contributed by atoms with van der Waals surface area (Å²) in [5.74, 6) is -0.144. The molecule has 0 bridgehead atoms. The number of anilines is 2. The quantitative estimate of drug-likeness (QED) is 0.314. The van der Waals surface area contributed by atoms with Crippen molar-refractivity contribution in [2.75, 3.05) is 36.5 Å². The van der Waals surface area contributed by atoms with Gasteiger partial charge in [0.1, 0.15) is 5.01 Å². The molecule has 1 aliphatic heterocycles. The van der Waals surface area contributed by atoms with Gasteiger partial charge in [0.25, 0.3) is 5.91 Å². The number of amides is 1. The molecule has 184 valence electrons. The summed E-state index contributed by atoms with van der Waals surface area (Å²) < 4.78 is 7.29. The zero-order valence-electron chi connectivity index (χ0n) is 19.9. The average Bonchev–Trinajstić information content (AvgIpc) is 3.63. The molecule has 0 aliphatic carbocycles. The molecule has 0 radical (unpaired) electrons. The summed E-state index contributed by atoms with van der Waals surface area (Å²) in [6, 6.07) is 21.4. The second kappa shape index (κ2) is 10.3. The molecule has 0 unspecified atom stereocenters. The van der Waals surface area contributed by atoms with Gasteiger partial charge < -0.3 is 15.0 Å². The minimum absolute atomic E-state index is 0.144. The Balaban J connectivity index is 1.14. The first-order valence-electron chi connectivity index (χ1n) is 12.0. The van der Waals surface area contributed by atoms with Crippen LogP contribution >= 0.6 is 11.3 Å². The van der Waals surface area contributed by atoms with Gasteiger partial charge in [-0.1, -0.05) is 0 Å². The van der Waals surface area contributed by atoms with Crippen molar-refractivity contribution in [2.45, 2.75) is 0 Å². The van der Waals surface area contributed by atoms with Gasteiger partial charge in [0.05, 0.1) is 42.5 Å². The molecule has 9 heteroatoms. The Kier molecular flexibility index (Phi) is 6.45. The normalized spacial score (nSPS) is 13.9. The Morgan fingerprint density at radius 1 is 1.00 bits per heavy atom. The minimum Gasteiger partial charge on any atom is -0.378 e. The number of hydrogen-bond donors (Lipinski definition) is 1. The predicted molar refractivity (Wildman–Crippen MR) is 148 cm³/mol. The Morgan fingerprint density at radius 2 is 1.78 bits per heavy atom. The summed E-state index contributed by atoms with van der Waals surface area (Å²) in [6.45, 7) is 3.19. The topological polar surface area (TPSA) is 84.6 Å². The van der Waals surface area contributed by atoms with E-state index < -0.39 is 0 Å². The maximum Gasteiger partial charge on any atom is 0.255 e. The van der Waals surface area contributed by atoms with Crippen LogP contribution in [-0.2, 0) is 4.74 Å². The molecular formula is C28H24N6O2S. The molecule has 0 atom stereocenters. The standard InChI is InChI=1S/C28H24N6O2S/c35-28(20-1-6-24(7-2-20)33-12-14-36-15-13-33)32-23-5-10-26-21(17-23)18-31-34(26)25-8-3-22(4-9-25)30-19-27-29-11-16-37-27/h1-11,16-19H,12-15H2,(H,32,35). The second-order valence-electron chi connectivity index (χ2n) is 8.58. The molecule has 3 heterocycles. The molecule has 0 saturated carbocycles. The van der Waals surface area contributed by atoms with Crippen LogP contribution in [0.4, 0.5) is 17.1 Å². The van der Waals surface area contributed by atoms with Gasteiger partial charge in [0.2, 0.25) is 0 Å². The third kappa shape index (κ3) is 5.13. The second-order valence-corrected chi connectivity index (χ2v) is 9.50. The van der Waals surface area contributed by atoms with Gasteiger partial charge in [0.15, 0.2) is 0 Å². The summed E-state index contributed by atoms with van der Waals surface area (Å²) in [7, 11) is 0. The van der Waals surface area contributed by atoms with Gasteiger partial charge in [-0.15, -0.1) is 11.3 Å². The molecule has 1 fully saturated rings. The fourth-order valence-electron chi connectivity index (χ4n) is 4.27. The summed E-state index contributed by atoms with van der Waals surface area (Å²) >= 11 is 1.55. The van der Waals surface area contributed by atoms with Crippen molar-refractivity contribution in [3.63, 3.8) is 0 Å². The number of morpholine rings is 1. The average molecular weight is 509 g/mol. The van der Waals surface area contributed by atoms with E-state index in [2.05, 4.69) is 25.3 Å². The van der Waals surface area contributed by atoms with E-state index in [-0.39, 0.29) is 5.91 Å². The molecule has 1 aliphatic rings. The van der Waals surface area contributed by atoms with E-state index in [0.717, 1.165) is 65.0 Å². The largest absolute Gasteiger partial charge is 0.378 e. The fourth-order valence-corrected chi connectivity index (χ4v) is 4.77. The molecule has 1 N–H and O–H groups in total. The first-order valence-corrected chi connectivity index (χ1v) is 12.9. The van der Waals surface area contributed by atoms with Crippen LogP contribution in [0.1, 0.15) is 15.4 Å². The molecule has 0 spiro atoms. The molecule has 6 rings (SSSR count). The summed E-state index contributed by atoms with van der Waals surface area (Å²) in [4.78, 5) is 23.8. The highest BCUT2D eigenvalue weighted by atomic mass is 32.1. The van der Waals surface area contributed by atoms with Crippen molar-refractivity contribution in [1.82, 2.24) is 14.8 Å². The number of benzene rings is 3. The molecule has 5 aromatic rings. The molecule has 1 saturated heterocycles. The third-order valence-electron chi connectivity index (χ3n) is 6.20. The van der Waals surface area contributed by atoms with E-state index in [1.54, 1.807) is 29.9 Å². The van der Waals surface area contributed by atoms with Gasteiger partial charge in [-0.2, -0.15) is 5.10 Å². The van der Waals surface area contributed by atoms with Crippen molar-refractivity contribution in [3.8, 4) is 5.69 Å². The lowest BCUT2D eigenvalue weighted by molar-refractivity contribution is 0.102. The summed E-state index contributed by atoms with van der Waals surface area (Å²) in [5, 5.41) is 11.3. The number of thiazole rings is 1. The van der Waals surface area contributed by atoms with Crippen molar-refractivity contribution in [3.05, 3.63) is 95.1 Å². The SMILES string of the molecule is O=C(Nc1ccc2c(cnn2-c2ccc(N=Cc3nccs3)cc2)c1)c1ccc(N2CCOCC2)cc1. The lowest BCUT2D eigenvalue weighted by Crippen LogP contribution is -2.36. The first-order chi connectivity index (χ1) is 18.2.